The molecule has 1 aliphatic carbocycles. The second-order valence-electron chi connectivity index (χ2n) is 8.33. The molecule has 0 bridgehead atoms. The highest BCUT2D eigenvalue weighted by Gasteiger charge is 2.30. The molecular weight excluding hydrogens is 404 g/mol. The Hall–Kier alpha value is -3.74. The van der Waals surface area contributed by atoms with Crippen LogP contribution < -0.4 is 5.56 Å². The summed E-state index contributed by atoms with van der Waals surface area (Å²) < 4.78 is 3.34. The van der Waals surface area contributed by atoms with Crippen LogP contribution in [-0.4, -0.2) is 30.5 Å². The molecule has 0 spiro atoms. The molecule has 5 rings (SSSR count). The first-order valence-corrected chi connectivity index (χ1v) is 11.0. The van der Waals surface area contributed by atoms with Gasteiger partial charge in [0.1, 0.15) is 5.69 Å². The van der Waals surface area contributed by atoms with Gasteiger partial charge in [-0.3, -0.25) is 9.59 Å². The van der Waals surface area contributed by atoms with Gasteiger partial charge in [-0.05, 0) is 37.0 Å². The maximum absolute atomic E-state index is 12.8. The number of pyridine rings is 1. The van der Waals surface area contributed by atoms with Crippen molar-refractivity contribution in [3.05, 3.63) is 77.2 Å². The van der Waals surface area contributed by atoms with Crippen LogP contribution in [0.4, 0.5) is 0 Å². The Balaban J connectivity index is 1.67. The zero-order valence-corrected chi connectivity index (χ0v) is 17.6. The van der Waals surface area contributed by atoms with E-state index in [0.29, 0.717) is 5.69 Å². The van der Waals surface area contributed by atoms with Gasteiger partial charge in [0.25, 0.3) is 5.56 Å². The summed E-state index contributed by atoms with van der Waals surface area (Å²) in [6.07, 6.45) is 5.44. The first kappa shape index (κ1) is 20.2. The fourth-order valence-electron chi connectivity index (χ4n) is 4.82. The molecule has 4 aromatic rings. The summed E-state index contributed by atoms with van der Waals surface area (Å²) in [7, 11) is 0. The van der Waals surface area contributed by atoms with E-state index in [0.717, 1.165) is 48.0 Å². The zero-order valence-electron chi connectivity index (χ0n) is 17.6. The maximum atomic E-state index is 12.8. The number of nitrogens with zero attached hydrogens (tertiary/aromatic N) is 4. The number of carboxylic acid groups (broad SMARTS) is 1. The van der Waals surface area contributed by atoms with E-state index in [2.05, 4.69) is 0 Å². The largest absolute Gasteiger partial charge is 0.481 e. The van der Waals surface area contributed by atoms with Crippen LogP contribution in [0.3, 0.4) is 0 Å². The van der Waals surface area contributed by atoms with Gasteiger partial charge >= 0.3 is 5.97 Å². The van der Waals surface area contributed by atoms with Crippen LogP contribution in [0.5, 0.6) is 0 Å². The van der Waals surface area contributed by atoms with Gasteiger partial charge in [0.05, 0.1) is 29.2 Å². The number of aliphatic carboxylic acids is 1. The van der Waals surface area contributed by atoms with Crippen molar-refractivity contribution in [3.63, 3.8) is 0 Å². The summed E-state index contributed by atoms with van der Waals surface area (Å²) >= 11 is 0. The Bertz CT molecular complexity index is 1330. The lowest BCUT2D eigenvalue weighted by Crippen LogP contribution is -2.34. The van der Waals surface area contributed by atoms with Crippen molar-refractivity contribution in [1.29, 1.82) is 0 Å². The van der Waals surface area contributed by atoms with Gasteiger partial charge in [-0.15, -0.1) is 0 Å². The third-order valence-electron chi connectivity index (χ3n) is 6.29. The highest BCUT2D eigenvalue weighted by atomic mass is 16.4. The number of carboxylic acids is 1. The summed E-state index contributed by atoms with van der Waals surface area (Å²) in [5, 5.41) is 18.9. The van der Waals surface area contributed by atoms with Crippen molar-refractivity contribution in [2.45, 2.75) is 38.1 Å². The standard InChI is InChI=1S/C25H24N4O3/c30-22-14-13-19(26-29(22)20-11-5-4-10-18(20)16-23(31)32)24-21-12-6-7-15-28(21)27-25(24)17-8-2-1-3-9-17/h1-3,6-9,12-15,18,20H,4-5,10-11,16H2,(H,31,32)/t18-,20-/m0/s1. The molecule has 1 N–H and O–H groups in total. The van der Waals surface area contributed by atoms with Crippen molar-refractivity contribution in [2.75, 3.05) is 0 Å². The van der Waals surface area contributed by atoms with E-state index in [1.165, 1.54) is 10.7 Å². The first-order chi connectivity index (χ1) is 15.6. The molecule has 0 radical (unpaired) electrons. The Labute approximate surface area is 185 Å². The number of fused-ring (bicyclic) bond motifs is 1. The van der Waals surface area contributed by atoms with Crippen molar-refractivity contribution in [3.8, 4) is 22.5 Å². The average molecular weight is 428 g/mol. The van der Waals surface area contributed by atoms with Crippen LogP contribution in [0.1, 0.15) is 38.1 Å². The molecule has 1 aliphatic rings. The molecule has 0 saturated heterocycles. The van der Waals surface area contributed by atoms with Crippen LogP contribution in [0.2, 0.25) is 0 Å². The second-order valence-corrected chi connectivity index (χ2v) is 8.33. The third kappa shape index (κ3) is 3.70. The quantitative estimate of drug-likeness (QED) is 0.508. The Kier molecular flexibility index (Phi) is 5.31. The predicted octanol–water partition coefficient (Wildman–Crippen LogP) is 4.43. The monoisotopic (exact) mass is 428 g/mol. The van der Waals surface area contributed by atoms with Crippen LogP contribution in [-0.2, 0) is 4.79 Å². The second kappa shape index (κ2) is 8.42. The molecule has 1 aromatic carbocycles. The van der Waals surface area contributed by atoms with E-state index in [-0.39, 0.29) is 23.9 Å². The SMILES string of the molecule is O=C(O)C[C@@H]1CCCC[C@@H]1n1nc(-c2c(-c3ccccc3)nn3ccccc23)ccc1=O. The maximum Gasteiger partial charge on any atom is 0.303 e. The lowest BCUT2D eigenvalue weighted by molar-refractivity contribution is -0.138. The number of hydrogen-bond donors (Lipinski definition) is 1. The summed E-state index contributed by atoms with van der Waals surface area (Å²) in [6.45, 7) is 0. The summed E-state index contributed by atoms with van der Waals surface area (Å²) in [6, 6.07) is 18.8. The van der Waals surface area contributed by atoms with Crippen molar-refractivity contribution < 1.29 is 9.90 Å². The topological polar surface area (TPSA) is 89.5 Å². The average Bonchev–Trinajstić information content (AvgIpc) is 3.20. The van der Waals surface area contributed by atoms with E-state index in [1.54, 1.807) is 6.07 Å². The molecule has 0 aliphatic heterocycles. The van der Waals surface area contributed by atoms with E-state index in [4.69, 9.17) is 10.2 Å². The molecular formula is C25H24N4O3. The van der Waals surface area contributed by atoms with E-state index < -0.39 is 5.97 Å². The molecule has 162 valence electrons. The van der Waals surface area contributed by atoms with Crippen molar-refractivity contribution in [1.82, 2.24) is 19.4 Å². The molecule has 0 unspecified atom stereocenters. The highest BCUT2D eigenvalue weighted by molar-refractivity contribution is 5.90. The molecule has 32 heavy (non-hydrogen) atoms. The minimum absolute atomic E-state index is 0.0506. The molecule has 2 atom stereocenters. The summed E-state index contributed by atoms with van der Waals surface area (Å²) in [5.74, 6) is -0.931. The van der Waals surface area contributed by atoms with E-state index in [1.807, 2.05) is 59.2 Å². The summed E-state index contributed by atoms with van der Waals surface area (Å²) in [4.78, 5) is 24.2. The lowest BCUT2D eigenvalue weighted by atomic mass is 9.82. The number of benzene rings is 1. The minimum Gasteiger partial charge on any atom is -0.481 e. The van der Waals surface area contributed by atoms with Gasteiger partial charge in [0.15, 0.2) is 0 Å². The lowest BCUT2D eigenvalue weighted by Gasteiger charge is -2.31. The minimum atomic E-state index is -0.833. The van der Waals surface area contributed by atoms with E-state index >= 15 is 0 Å². The number of carbonyl (C=O) groups is 1. The number of hydrogen-bond acceptors (Lipinski definition) is 4. The molecule has 0 amide bonds. The Morgan fingerprint density at radius 3 is 2.56 bits per heavy atom. The van der Waals surface area contributed by atoms with Gasteiger partial charge in [0, 0.05) is 17.8 Å². The molecule has 3 aromatic heterocycles. The predicted molar refractivity (Wildman–Crippen MR) is 121 cm³/mol. The van der Waals surface area contributed by atoms with Crippen LogP contribution in [0.15, 0.2) is 71.7 Å². The van der Waals surface area contributed by atoms with Crippen molar-refractivity contribution >= 4 is 11.5 Å². The van der Waals surface area contributed by atoms with Crippen LogP contribution >= 0.6 is 0 Å². The number of aromatic nitrogens is 4. The molecule has 3 heterocycles. The molecule has 1 saturated carbocycles. The Morgan fingerprint density at radius 2 is 1.75 bits per heavy atom. The Morgan fingerprint density at radius 1 is 0.969 bits per heavy atom. The molecule has 7 nitrogen and oxygen atoms in total. The van der Waals surface area contributed by atoms with Gasteiger partial charge < -0.3 is 5.11 Å². The van der Waals surface area contributed by atoms with Gasteiger partial charge in [-0.2, -0.15) is 10.2 Å². The normalized spacial score (nSPS) is 18.6. The van der Waals surface area contributed by atoms with Crippen LogP contribution in [0, 0.1) is 5.92 Å². The van der Waals surface area contributed by atoms with Gasteiger partial charge in [0.2, 0.25) is 0 Å². The van der Waals surface area contributed by atoms with Crippen LogP contribution in [0.25, 0.3) is 28.0 Å². The molecule has 1 fully saturated rings. The van der Waals surface area contributed by atoms with Crippen molar-refractivity contribution in [2.24, 2.45) is 5.92 Å². The van der Waals surface area contributed by atoms with Gasteiger partial charge in [-0.1, -0.05) is 49.2 Å². The number of rotatable bonds is 5. The highest BCUT2D eigenvalue weighted by Crippen LogP contribution is 2.37. The fourth-order valence-corrected chi connectivity index (χ4v) is 4.82. The van der Waals surface area contributed by atoms with E-state index in [9.17, 15) is 14.7 Å². The fraction of sp³-hybridized carbons (Fsp3) is 0.280. The first-order valence-electron chi connectivity index (χ1n) is 11.0. The smallest absolute Gasteiger partial charge is 0.303 e. The van der Waals surface area contributed by atoms with Gasteiger partial charge in [-0.25, -0.2) is 9.20 Å². The summed E-state index contributed by atoms with van der Waals surface area (Å²) in [5.41, 5.74) is 3.97. The molecule has 7 heteroatoms. The zero-order chi connectivity index (χ0) is 22.1. The third-order valence-corrected chi connectivity index (χ3v) is 6.29.